The molecule has 1 amide bonds. The van der Waals surface area contributed by atoms with Crippen LogP contribution in [0, 0.1) is 11.6 Å². The number of fused-ring (bicyclic) bond motifs is 1. The first-order valence-electron chi connectivity index (χ1n) is 7.38. The van der Waals surface area contributed by atoms with Crippen LogP contribution in [0.25, 0.3) is 5.57 Å². The first kappa shape index (κ1) is 15.9. The number of amides is 1. The smallest absolute Gasteiger partial charge is 0.280 e. The van der Waals surface area contributed by atoms with Gasteiger partial charge in [0.2, 0.25) is 0 Å². The topological polar surface area (TPSA) is 81.5 Å². The second-order valence-corrected chi connectivity index (χ2v) is 5.53. The molecule has 0 bridgehead atoms. The number of benzene rings is 2. The van der Waals surface area contributed by atoms with E-state index in [4.69, 9.17) is 11.5 Å². The molecule has 0 fully saturated rings. The van der Waals surface area contributed by atoms with E-state index in [0.29, 0.717) is 16.7 Å². The fourth-order valence-corrected chi connectivity index (χ4v) is 2.82. The quantitative estimate of drug-likeness (QED) is 0.657. The molecule has 0 radical (unpaired) electrons. The lowest BCUT2D eigenvalue weighted by atomic mass is 9.86. The Balaban J connectivity index is 2.09. The molecule has 0 saturated heterocycles. The van der Waals surface area contributed by atoms with Gasteiger partial charge in [0.15, 0.2) is 5.96 Å². The first-order chi connectivity index (χ1) is 11.4. The summed E-state index contributed by atoms with van der Waals surface area (Å²) in [5, 5.41) is 0. The predicted molar refractivity (Wildman–Crippen MR) is 88.3 cm³/mol. The molecule has 0 heterocycles. The van der Waals surface area contributed by atoms with E-state index in [1.165, 1.54) is 12.1 Å². The second-order valence-electron chi connectivity index (χ2n) is 5.53. The predicted octanol–water partition coefficient (Wildman–Crippen LogP) is 2.76. The molecule has 6 heteroatoms. The van der Waals surface area contributed by atoms with Gasteiger partial charge in [-0.25, -0.2) is 8.78 Å². The third-order valence-corrected chi connectivity index (χ3v) is 3.81. The number of aryl methyl sites for hydroxylation is 1. The third-order valence-electron chi connectivity index (χ3n) is 3.81. The first-order valence-corrected chi connectivity index (χ1v) is 7.38. The van der Waals surface area contributed by atoms with Gasteiger partial charge in [0.1, 0.15) is 11.6 Å². The molecule has 2 aromatic rings. The number of halogens is 2. The van der Waals surface area contributed by atoms with Crippen LogP contribution in [0.3, 0.4) is 0 Å². The van der Waals surface area contributed by atoms with E-state index in [1.54, 1.807) is 12.1 Å². The van der Waals surface area contributed by atoms with Crippen LogP contribution in [0.4, 0.5) is 8.78 Å². The molecule has 2 aromatic carbocycles. The molecule has 24 heavy (non-hydrogen) atoms. The molecule has 0 spiro atoms. The van der Waals surface area contributed by atoms with Gasteiger partial charge in [-0.1, -0.05) is 12.1 Å². The highest BCUT2D eigenvalue weighted by Gasteiger charge is 2.18. The maximum absolute atomic E-state index is 13.5. The lowest BCUT2D eigenvalue weighted by Crippen LogP contribution is -2.24. The molecule has 0 aromatic heterocycles. The summed E-state index contributed by atoms with van der Waals surface area (Å²) in [7, 11) is 0. The molecular formula is C18H15F2N3O. The maximum Gasteiger partial charge on any atom is 0.280 e. The molecule has 0 unspecified atom stereocenters. The minimum atomic E-state index is -0.647. The van der Waals surface area contributed by atoms with E-state index in [-0.39, 0.29) is 5.96 Å². The van der Waals surface area contributed by atoms with Crippen LogP contribution in [-0.2, 0) is 6.42 Å². The zero-order valence-electron chi connectivity index (χ0n) is 12.7. The molecule has 4 nitrogen and oxygen atoms in total. The summed E-state index contributed by atoms with van der Waals surface area (Å²) < 4.78 is 27.1. The molecule has 1 aliphatic rings. The summed E-state index contributed by atoms with van der Waals surface area (Å²) in [5.74, 6) is -2.18. The number of carbonyl (C=O) groups is 1. The summed E-state index contributed by atoms with van der Waals surface area (Å²) in [4.78, 5) is 15.5. The van der Waals surface area contributed by atoms with Gasteiger partial charge in [0, 0.05) is 11.6 Å². The molecule has 122 valence electrons. The van der Waals surface area contributed by atoms with Crippen molar-refractivity contribution in [3.63, 3.8) is 0 Å². The summed E-state index contributed by atoms with van der Waals surface area (Å²) in [6.45, 7) is 0. The van der Waals surface area contributed by atoms with E-state index in [2.05, 4.69) is 4.99 Å². The minimum Gasteiger partial charge on any atom is -0.370 e. The Morgan fingerprint density at radius 2 is 1.75 bits per heavy atom. The van der Waals surface area contributed by atoms with E-state index < -0.39 is 17.5 Å². The van der Waals surface area contributed by atoms with Crippen LogP contribution in [0.5, 0.6) is 0 Å². The molecule has 1 aliphatic carbocycles. The summed E-state index contributed by atoms with van der Waals surface area (Å²) in [6.07, 6.45) is 3.44. The lowest BCUT2D eigenvalue weighted by molar-refractivity contribution is 0.100. The van der Waals surface area contributed by atoms with Gasteiger partial charge >= 0.3 is 0 Å². The highest BCUT2D eigenvalue weighted by molar-refractivity contribution is 6.02. The zero-order valence-corrected chi connectivity index (χ0v) is 12.7. The van der Waals surface area contributed by atoms with Crippen molar-refractivity contribution in [1.29, 1.82) is 0 Å². The number of aliphatic imine (C=N–C) groups is 1. The lowest BCUT2D eigenvalue weighted by Gasteiger charge is -2.19. The van der Waals surface area contributed by atoms with Gasteiger partial charge in [-0.15, -0.1) is 0 Å². The molecule has 4 N–H and O–H groups in total. The maximum atomic E-state index is 13.5. The summed E-state index contributed by atoms with van der Waals surface area (Å²) in [6, 6.07) is 8.48. The second kappa shape index (κ2) is 6.23. The summed E-state index contributed by atoms with van der Waals surface area (Å²) >= 11 is 0. The van der Waals surface area contributed by atoms with Crippen LogP contribution in [0.15, 0.2) is 47.5 Å². The Morgan fingerprint density at radius 1 is 1.04 bits per heavy atom. The van der Waals surface area contributed by atoms with Crippen molar-refractivity contribution in [2.24, 2.45) is 16.5 Å². The summed E-state index contributed by atoms with van der Waals surface area (Å²) in [5.41, 5.74) is 13.6. The Hall–Kier alpha value is -3.02. The number of allylic oxidation sites excluding steroid dienone is 1. The van der Waals surface area contributed by atoms with Crippen LogP contribution in [0.1, 0.15) is 33.5 Å². The van der Waals surface area contributed by atoms with Crippen molar-refractivity contribution in [1.82, 2.24) is 0 Å². The van der Waals surface area contributed by atoms with Gasteiger partial charge in [-0.3, -0.25) is 4.79 Å². The highest BCUT2D eigenvalue weighted by Crippen LogP contribution is 2.33. The molecular weight excluding hydrogens is 312 g/mol. The fourth-order valence-electron chi connectivity index (χ4n) is 2.82. The zero-order chi connectivity index (χ0) is 17.3. The normalized spacial score (nSPS) is 13.0. The van der Waals surface area contributed by atoms with Crippen LogP contribution in [-0.4, -0.2) is 11.9 Å². The van der Waals surface area contributed by atoms with Gasteiger partial charge in [-0.2, -0.15) is 4.99 Å². The molecule has 0 atom stereocenters. The number of nitrogens with zero attached hydrogens (tertiary/aromatic N) is 1. The number of carbonyl (C=O) groups excluding carboxylic acids is 1. The van der Waals surface area contributed by atoms with Crippen molar-refractivity contribution < 1.29 is 13.6 Å². The Bertz CT molecular complexity index is 864. The number of hydrogen-bond acceptors (Lipinski definition) is 1. The third kappa shape index (κ3) is 3.17. The van der Waals surface area contributed by atoms with Crippen LogP contribution >= 0.6 is 0 Å². The van der Waals surface area contributed by atoms with Crippen molar-refractivity contribution in [2.75, 3.05) is 0 Å². The molecule has 0 saturated carbocycles. The van der Waals surface area contributed by atoms with Gasteiger partial charge in [-0.05, 0) is 59.4 Å². The molecule has 0 aliphatic heterocycles. The number of rotatable bonds is 2. The SMILES string of the molecule is NC(N)=NC(=O)c1ccc2c(c1)C(c1cc(F)cc(F)c1)=CCC2. The van der Waals surface area contributed by atoms with E-state index in [9.17, 15) is 13.6 Å². The Kier molecular flexibility index (Phi) is 4.12. The van der Waals surface area contributed by atoms with Gasteiger partial charge < -0.3 is 11.5 Å². The van der Waals surface area contributed by atoms with E-state index in [0.717, 1.165) is 30.0 Å². The van der Waals surface area contributed by atoms with Crippen molar-refractivity contribution in [3.05, 3.63) is 76.4 Å². The van der Waals surface area contributed by atoms with E-state index in [1.807, 2.05) is 12.1 Å². The van der Waals surface area contributed by atoms with E-state index >= 15 is 0 Å². The Morgan fingerprint density at radius 3 is 2.42 bits per heavy atom. The van der Waals surface area contributed by atoms with Gasteiger partial charge in [0.25, 0.3) is 5.91 Å². The largest absolute Gasteiger partial charge is 0.370 e. The van der Waals surface area contributed by atoms with Crippen LogP contribution in [0.2, 0.25) is 0 Å². The standard InChI is InChI=1S/C18H15F2N3O/c19-13-6-12(7-14(20)9-13)15-3-1-2-10-4-5-11(8-16(10)15)17(24)23-18(21)22/h3-9H,1-2H2,(H4,21,22,23,24). The van der Waals surface area contributed by atoms with Gasteiger partial charge in [0.05, 0.1) is 0 Å². The molecule has 3 rings (SSSR count). The monoisotopic (exact) mass is 327 g/mol. The van der Waals surface area contributed by atoms with Crippen molar-refractivity contribution >= 4 is 17.4 Å². The van der Waals surface area contributed by atoms with Crippen LogP contribution < -0.4 is 11.5 Å². The number of hydrogen-bond donors (Lipinski definition) is 2. The van der Waals surface area contributed by atoms with Crippen molar-refractivity contribution in [2.45, 2.75) is 12.8 Å². The fraction of sp³-hybridized carbons (Fsp3) is 0.111. The number of guanidine groups is 1. The average molecular weight is 327 g/mol. The average Bonchev–Trinajstić information content (AvgIpc) is 2.52. The highest BCUT2D eigenvalue weighted by atomic mass is 19.1. The minimum absolute atomic E-state index is 0.312. The van der Waals surface area contributed by atoms with Crippen molar-refractivity contribution in [3.8, 4) is 0 Å². The Labute approximate surface area is 137 Å². The number of nitrogens with two attached hydrogens (primary N) is 2.